The van der Waals surface area contributed by atoms with E-state index in [9.17, 15) is 22.2 Å². The highest BCUT2D eigenvalue weighted by Gasteiger charge is 2.30. The molecule has 1 aromatic heterocycles. The molecule has 0 aliphatic rings. The minimum Gasteiger partial charge on any atom is -0.297 e. The van der Waals surface area contributed by atoms with Crippen LogP contribution in [0.25, 0.3) is 11.4 Å². The van der Waals surface area contributed by atoms with E-state index in [0.717, 1.165) is 23.7 Å². The summed E-state index contributed by atoms with van der Waals surface area (Å²) in [6.45, 7) is 0. The van der Waals surface area contributed by atoms with E-state index in [2.05, 4.69) is 14.7 Å². The summed E-state index contributed by atoms with van der Waals surface area (Å²) in [6, 6.07) is 11.0. The Balaban J connectivity index is 1.80. The number of alkyl halides is 3. The molecule has 27 heavy (non-hydrogen) atoms. The quantitative estimate of drug-likeness (QED) is 0.698. The zero-order valence-electron chi connectivity index (χ0n) is 13.8. The summed E-state index contributed by atoms with van der Waals surface area (Å²) in [4.78, 5) is 16.9. The van der Waals surface area contributed by atoms with Crippen LogP contribution in [0.1, 0.15) is 15.9 Å². The van der Waals surface area contributed by atoms with Crippen molar-refractivity contribution in [2.75, 3.05) is 11.6 Å². The highest BCUT2D eigenvalue weighted by Crippen LogP contribution is 2.32. The van der Waals surface area contributed by atoms with Crippen molar-refractivity contribution in [2.24, 2.45) is 0 Å². The van der Waals surface area contributed by atoms with Crippen LogP contribution in [0.3, 0.4) is 0 Å². The fraction of sp³-hybridized carbons (Fsp3) is 0.118. The summed E-state index contributed by atoms with van der Waals surface area (Å²) in [5, 5.41) is 2.69. The van der Waals surface area contributed by atoms with E-state index in [-0.39, 0.29) is 16.5 Å². The van der Waals surface area contributed by atoms with E-state index in [1.165, 1.54) is 24.5 Å². The molecule has 5 nitrogen and oxygen atoms in total. The molecule has 10 heteroatoms. The first kappa shape index (κ1) is 19.2. The Hall–Kier alpha value is -2.59. The number of nitrogens with zero attached hydrogens (tertiary/aromatic N) is 2. The smallest absolute Gasteiger partial charge is 0.297 e. The minimum absolute atomic E-state index is 0.0878. The van der Waals surface area contributed by atoms with Gasteiger partial charge in [0.05, 0.1) is 5.56 Å². The van der Waals surface area contributed by atoms with Gasteiger partial charge in [-0.05, 0) is 30.3 Å². The first-order valence-corrected chi connectivity index (χ1v) is 9.83. The Labute approximate surface area is 158 Å². The van der Waals surface area contributed by atoms with Gasteiger partial charge in [-0.2, -0.15) is 22.5 Å². The van der Waals surface area contributed by atoms with Crippen molar-refractivity contribution in [3.63, 3.8) is 0 Å². The van der Waals surface area contributed by atoms with Crippen LogP contribution in [0.15, 0.2) is 53.4 Å². The van der Waals surface area contributed by atoms with E-state index < -0.39 is 28.4 Å². The molecule has 0 aliphatic heterocycles. The molecule has 1 unspecified atom stereocenters. The third kappa shape index (κ3) is 4.58. The second kappa shape index (κ2) is 7.57. The summed E-state index contributed by atoms with van der Waals surface area (Å²) < 4.78 is 54.0. The number of halogens is 3. The highest BCUT2D eigenvalue weighted by atomic mass is 32.2. The van der Waals surface area contributed by atoms with Gasteiger partial charge in [0.2, 0.25) is 5.13 Å². The van der Waals surface area contributed by atoms with Gasteiger partial charge in [0.25, 0.3) is 5.91 Å². The molecule has 0 fully saturated rings. The molecule has 0 spiro atoms. The molecule has 2 aromatic carbocycles. The van der Waals surface area contributed by atoms with Gasteiger partial charge >= 0.3 is 6.18 Å². The second-order valence-electron chi connectivity index (χ2n) is 5.44. The van der Waals surface area contributed by atoms with Crippen LogP contribution in [0, 0.1) is 0 Å². The molecule has 1 N–H and O–H groups in total. The van der Waals surface area contributed by atoms with Gasteiger partial charge in [0, 0.05) is 44.6 Å². The van der Waals surface area contributed by atoms with E-state index in [1.54, 1.807) is 18.2 Å². The predicted octanol–water partition coefficient (Wildman–Crippen LogP) is 4.21. The molecule has 1 heterocycles. The first-order valence-electron chi connectivity index (χ1n) is 7.50. The van der Waals surface area contributed by atoms with Crippen LogP contribution in [0.5, 0.6) is 0 Å². The van der Waals surface area contributed by atoms with E-state index in [4.69, 9.17) is 0 Å². The number of hydrogen-bond acceptors (Lipinski definition) is 5. The third-order valence-corrected chi connectivity index (χ3v) is 5.07. The number of nitrogens with one attached hydrogen (secondary N) is 1. The van der Waals surface area contributed by atoms with E-state index in [1.807, 2.05) is 0 Å². The van der Waals surface area contributed by atoms with Gasteiger partial charge in [0.15, 0.2) is 5.82 Å². The Morgan fingerprint density at radius 2 is 1.89 bits per heavy atom. The summed E-state index contributed by atoms with van der Waals surface area (Å²) >= 11 is 0.857. The van der Waals surface area contributed by atoms with Crippen LogP contribution in [-0.2, 0) is 17.0 Å². The van der Waals surface area contributed by atoms with Crippen LogP contribution in [0.4, 0.5) is 18.3 Å². The fourth-order valence-electron chi connectivity index (χ4n) is 2.21. The monoisotopic (exact) mass is 411 g/mol. The van der Waals surface area contributed by atoms with Gasteiger partial charge in [-0.15, -0.1) is 0 Å². The zero-order chi connectivity index (χ0) is 19.6. The number of carbonyl (C=O) groups excluding carboxylic acids is 1. The Kier molecular flexibility index (Phi) is 5.38. The van der Waals surface area contributed by atoms with Crippen LogP contribution < -0.4 is 5.32 Å². The summed E-state index contributed by atoms with van der Waals surface area (Å²) in [7, 11) is -1.23. The molecule has 0 saturated heterocycles. The standard InChI is InChI=1S/C17H12F3N3O2S2/c1-27(25)13-7-3-5-11(9-13)15(24)22-16-21-14(23-26-16)10-4-2-6-12(8-10)17(18,19)20/h2-9H,1H3,(H,21,22,23,24). The number of aromatic nitrogens is 2. The Morgan fingerprint density at radius 3 is 2.59 bits per heavy atom. The zero-order valence-corrected chi connectivity index (χ0v) is 15.4. The largest absolute Gasteiger partial charge is 0.416 e. The molecular formula is C17H12F3N3O2S2. The maximum atomic E-state index is 12.8. The second-order valence-corrected chi connectivity index (χ2v) is 7.57. The van der Waals surface area contributed by atoms with Gasteiger partial charge < -0.3 is 0 Å². The molecule has 1 atom stereocenters. The topological polar surface area (TPSA) is 72.0 Å². The average molecular weight is 411 g/mol. The van der Waals surface area contributed by atoms with Gasteiger partial charge in [-0.3, -0.25) is 14.3 Å². The molecule has 140 valence electrons. The number of anilines is 1. The molecule has 3 rings (SSSR count). The summed E-state index contributed by atoms with van der Waals surface area (Å²) in [5.41, 5.74) is -0.312. The third-order valence-electron chi connectivity index (χ3n) is 3.52. The van der Waals surface area contributed by atoms with Crippen LogP contribution in [0.2, 0.25) is 0 Å². The molecule has 1 amide bonds. The summed E-state index contributed by atoms with van der Waals surface area (Å²) in [5.74, 6) is -0.390. The van der Waals surface area contributed by atoms with Gasteiger partial charge in [0.1, 0.15) is 0 Å². The summed E-state index contributed by atoms with van der Waals surface area (Å²) in [6.07, 6.45) is -2.96. The maximum absolute atomic E-state index is 12.8. The Morgan fingerprint density at radius 1 is 1.15 bits per heavy atom. The Bertz CT molecular complexity index is 1020. The number of rotatable bonds is 4. The molecule has 3 aromatic rings. The lowest BCUT2D eigenvalue weighted by molar-refractivity contribution is -0.137. The van der Waals surface area contributed by atoms with Crippen molar-refractivity contribution >= 4 is 33.4 Å². The number of hydrogen-bond donors (Lipinski definition) is 1. The van der Waals surface area contributed by atoms with Crippen molar-refractivity contribution in [2.45, 2.75) is 11.1 Å². The van der Waals surface area contributed by atoms with Crippen molar-refractivity contribution in [3.05, 3.63) is 59.7 Å². The highest BCUT2D eigenvalue weighted by molar-refractivity contribution is 7.84. The number of amides is 1. The number of benzene rings is 2. The van der Waals surface area contributed by atoms with Crippen molar-refractivity contribution < 1.29 is 22.2 Å². The lowest BCUT2D eigenvalue weighted by Crippen LogP contribution is -2.12. The normalized spacial score (nSPS) is 12.6. The molecular weight excluding hydrogens is 399 g/mol. The fourth-order valence-corrected chi connectivity index (χ4v) is 3.36. The average Bonchev–Trinajstić information content (AvgIpc) is 3.09. The van der Waals surface area contributed by atoms with Crippen molar-refractivity contribution in [1.82, 2.24) is 9.36 Å². The van der Waals surface area contributed by atoms with E-state index >= 15 is 0 Å². The minimum atomic E-state index is -4.46. The molecule has 0 aliphatic carbocycles. The lowest BCUT2D eigenvalue weighted by atomic mass is 10.1. The predicted molar refractivity (Wildman–Crippen MR) is 97.1 cm³/mol. The van der Waals surface area contributed by atoms with Gasteiger partial charge in [-0.25, -0.2) is 0 Å². The van der Waals surface area contributed by atoms with Gasteiger partial charge in [-0.1, -0.05) is 18.2 Å². The number of carbonyl (C=O) groups is 1. The van der Waals surface area contributed by atoms with Crippen LogP contribution in [-0.4, -0.2) is 25.7 Å². The molecule has 0 saturated carbocycles. The van der Waals surface area contributed by atoms with Crippen molar-refractivity contribution in [1.29, 1.82) is 0 Å². The lowest BCUT2D eigenvalue weighted by Gasteiger charge is -2.06. The molecule has 0 bridgehead atoms. The van der Waals surface area contributed by atoms with E-state index in [0.29, 0.717) is 10.5 Å². The first-order chi connectivity index (χ1) is 12.7. The maximum Gasteiger partial charge on any atom is 0.416 e. The molecule has 0 radical (unpaired) electrons. The van der Waals surface area contributed by atoms with Crippen molar-refractivity contribution in [3.8, 4) is 11.4 Å². The van der Waals surface area contributed by atoms with Crippen LogP contribution >= 0.6 is 11.5 Å². The SMILES string of the molecule is CS(=O)c1cccc(C(=O)Nc2nc(-c3cccc(C(F)(F)F)c3)ns2)c1.